The summed E-state index contributed by atoms with van der Waals surface area (Å²) in [6.07, 6.45) is -1.12. The van der Waals surface area contributed by atoms with Crippen molar-refractivity contribution >= 4 is 17.6 Å². The summed E-state index contributed by atoms with van der Waals surface area (Å²) in [5, 5.41) is 10.6. The molecule has 0 saturated carbocycles. The van der Waals surface area contributed by atoms with Crippen LogP contribution in [0.4, 0.5) is 0 Å². The third-order valence-corrected chi connectivity index (χ3v) is 2.98. The topological polar surface area (TPSA) is 46.5 Å². The number of hydrogen-bond donors (Lipinski definition) is 1. The molecule has 0 aliphatic carbocycles. The van der Waals surface area contributed by atoms with Crippen LogP contribution in [0.2, 0.25) is 5.02 Å². The van der Waals surface area contributed by atoms with Gasteiger partial charge in [0.05, 0.1) is 5.57 Å². The molecule has 1 unspecified atom stereocenters. The minimum absolute atomic E-state index is 0.0313. The molecule has 2 rings (SSSR count). The van der Waals surface area contributed by atoms with Gasteiger partial charge in [-0.15, -0.1) is 0 Å². The first kappa shape index (κ1) is 14.3. The number of carbonyl (C=O) groups is 1. The Hall–Kier alpha value is -2.10. The van der Waals surface area contributed by atoms with E-state index in [0.29, 0.717) is 16.3 Å². The molecule has 0 heterocycles. The van der Waals surface area contributed by atoms with E-state index in [2.05, 4.69) is 6.58 Å². The van der Waals surface area contributed by atoms with Crippen LogP contribution >= 0.6 is 11.6 Å². The van der Waals surface area contributed by atoms with Gasteiger partial charge >= 0.3 is 5.97 Å². The number of hydrogen-bond acceptors (Lipinski definition) is 3. The smallest absolute Gasteiger partial charge is 0.341 e. The number of esters is 1. The van der Waals surface area contributed by atoms with Gasteiger partial charge in [0.2, 0.25) is 0 Å². The summed E-state index contributed by atoms with van der Waals surface area (Å²) in [5.41, 5.74) is 0.501. The Labute approximate surface area is 122 Å². The summed E-state index contributed by atoms with van der Waals surface area (Å²) in [7, 11) is 0. The minimum Gasteiger partial charge on any atom is -0.423 e. The lowest BCUT2D eigenvalue weighted by Gasteiger charge is -2.13. The van der Waals surface area contributed by atoms with Crippen LogP contribution in [0.3, 0.4) is 0 Å². The van der Waals surface area contributed by atoms with Gasteiger partial charge in [0.1, 0.15) is 11.9 Å². The van der Waals surface area contributed by atoms with Crippen molar-refractivity contribution in [2.45, 2.75) is 6.10 Å². The quantitative estimate of drug-likeness (QED) is 0.532. The normalized spacial score (nSPS) is 11.7. The Kier molecular flexibility index (Phi) is 4.56. The van der Waals surface area contributed by atoms with E-state index in [0.717, 1.165) is 0 Å². The van der Waals surface area contributed by atoms with Gasteiger partial charge in [-0.2, -0.15) is 0 Å². The fourth-order valence-corrected chi connectivity index (χ4v) is 1.74. The molecule has 0 fully saturated rings. The summed E-state index contributed by atoms with van der Waals surface area (Å²) in [6.45, 7) is 3.59. The van der Waals surface area contributed by atoms with E-state index in [1.54, 1.807) is 48.5 Å². The van der Waals surface area contributed by atoms with Crippen LogP contribution in [0.25, 0.3) is 0 Å². The maximum absolute atomic E-state index is 11.9. The third-order valence-electron chi connectivity index (χ3n) is 2.73. The van der Waals surface area contributed by atoms with Crippen molar-refractivity contribution in [3.63, 3.8) is 0 Å². The van der Waals surface area contributed by atoms with Gasteiger partial charge in [-0.1, -0.05) is 48.5 Å². The molecule has 1 N–H and O–H groups in total. The highest BCUT2D eigenvalue weighted by molar-refractivity contribution is 6.30. The number of aliphatic hydroxyl groups is 1. The van der Waals surface area contributed by atoms with Crippen LogP contribution in [0.15, 0.2) is 66.7 Å². The Morgan fingerprint density at radius 1 is 1.10 bits per heavy atom. The van der Waals surface area contributed by atoms with Gasteiger partial charge in [0.15, 0.2) is 0 Å². The van der Waals surface area contributed by atoms with Crippen molar-refractivity contribution in [3.8, 4) is 5.75 Å². The molecule has 0 bridgehead atoms. The Morgan fingerprint density at radius 3 is 2.30 bits per heavy atom. The molecule has 0 aliphatic rings. The molecule has 0 saturated heterocycles. The molecular weight excluding hydrogens is 276 g/mol. The molecule has 0 spiro atoms. The highest BCUT2D eigenvalue weighted by Crippen LogP contribution is 2.23. The first-order chi connectivity index (χ1) is 9.58. The average molecular weight is 289 g/mol. The van der Waals surface area contributed by atoms with Crippen LogP contribution in [0.5, 0.6) is 5.75 Å². The predicted molar refractivity (Wildman–Crippen MR) is 77.6 cm³/mol. The van der Waals surface area contributed by atoms with Gasteiger partial charge in [0.25, 0.3) is 0 Å². The van der Waals surface area contributed by atoms with Crippen molar-refractivity contribution in [1.29, 1.82) is 0 Å². The second-order valence-corrected chi connectivity index (χ2v) is 4.62. The van der Waals surface area contributed by atoms with Crippen LogP contribution in [0, 0.1) is 0 Å². The number of ether oxygens (including phenoxy) is 1. The summed E-state index contributed by atoms with van der Waals surface area (Å²) < 4.78 is 5.12. The number of aliphatic hydroxyl groups excluding tert-OH is 1. The van der Waals surface area contributed by atoms with E-state index in [1.165, 1.54) is 0 Å². The molecule has 0 aromatic heterocycles. The molecule has 2 aromatic carbocycles. The largest absolute Gasteiger partial charge is 0.423 e. The molecule has 20 heavy (non-hydrogen) atoms. The van der Waals surface area contributed by atoms with Crippen molar-refractivity contribution in [3.05, 3.63) is 77.3 Å². The fraction of sp³-hybridized carbons (Fsp3) is 0.0625. The summed E-state index contributed by atoms with van der Waals surface area (Å²) in [5.74, 6) is -0.263. The maximum atomic E-state index is 11.9. The molecular formula is C16H13ClO3. The van der Waals surface area contributed by atoms with Crippen molar-refractivity contribution in [1.82, 2.24) is 0 Å². The van der Waals surface area contributed by atoms with E-state index in [9.17, 15) is 9.90 Å². The molecule has 0 radical (unpaired) electrons. The van der Waals surface area contributed by atoms with Gasteiger partial charge in [-0.25, -0.2) is 4.79 Å². The van der Waals surface area contributed by atoms with Crippen LogP contribution in [-0.4, -0.2) is 11.1 Å². The molecule has 1 atom stereocenters. The average Bonchev–Trinajstić information content (AvgIpc) is 2.47. The maximum Gasteiger partial charge on any atom is 0.341 e. The Bertz CT molecular complexity index is 605. The zero-order chi connectivity index (χ0) is 14.5. The lowest BCUT2D eigenvalue weighted by Crippen LogP contribution is -2.16. The van der Waals surface area contributed by atoms with Gasteiger partial charge in [0, 0.05) is 5.02 Å². The van der Waals surface area contributed by atoms with Crippen molar-refractivity contribution < 1.29 is 14.6 Å². The van der Waals surface area contributed by atoms with E-state index < -0.39 is 12.1 Å². The SMILES string of the molecule is C=C(C(=O)Oc1ccccc1)C(O)c1ccc(Cl)cc1. The molecule has 4 heteroatoms. The van der Waals surface area contributed by atoms with E-state index in [1.807, 2.05) is 6.07 Å². The minimum atomic E-state index is -1.12. The number of halogens is 1. The van der Waals surface area contributed by atoms with Gasteiger partial charge in [-0.05, 0) is 29.8 Å². The lowest BCUT2D eigenvalue weighted by molar-refractivity contribution is -0.131. The van der Waals surface area contributed by atoms with Crippen molar-refractivity contribution in [2.24, 2.45) is 0 Å². The molecule has 102 valence electrons. The van der Waals surface area contributed by atoms with E-state index in [-0.39, 0.29) is 5.57 Å². The molecule has 0 amide bonds. The Morgan fingerprint density at radius 2 is 1.70 bits per heavy atom. The monoisotopic (exact) mass is 288 g/mol. The van der Waals surface area contributed by atoms with Crippen LogP contribution in [0.1, 0.15) is 11.7 Å². The van der Waals surface area contributed by atoms with Crippen LogP contribution in [-0.2, 0) is 4.79 Å². The standard InChI is InChI=1S/C16H13ClO3/c1-11(15(18)12-7-9-13(17)10-8-12)16(19)20-14-5-3-2-4-6-14/h2-10,15,18H,1H2. The highest BCUT2D eigenvalue weighted by atomic mass is 35.5. The van der Waals surface area contributed by atoms with Gasteiger partial charge < -0.3 is 9.84 Å². The summed E-state index contributed by atoms with van der Waals surface area (Å²) >= 11 is 5.77. The zero-order valence-corrected chi connectivity index (χ0v) is 11.4. The van der Waals surface area contributed by atoms with Crippen LogP contribution < -0.4 is 4.74 Å². The summed E-state index contributed by atoms with van der Waals surface area (Å²) in [4.78, 5) is 11.9. The first-order valence-electron chi connectivity index (χ1n) is 5.97. The molecule has 0 aliphatic heterocycles. The molecule has 3 nitrogen and oxygen atoms in total. The Balaban J connectivity index is 2.06. The van der Waals surface area contributed by atoms with E-state index in [4.69, 9.17) is 16.3 Å². The zero-order valence-electron chi connectivity index (χ0n) is 10.6. The lowest BCUT2D eigenvalue weighted by atomic mass is 10.0. The predicted octanol–water partition coefficient (Wildman–Crippen LogP) is 3.54. The van der Waals surface area contributed by atoms with Crippen molar-refractivity contribution in [2.75, 3.05) is 0 Å². The first-order valence-corrected chi connectivity index (χ1v) is 6.35. The second kappa shape index (κ2) is 6.37. The van der Waals surface area contributed by atoms with Gasteiger partial charge in [-0.3, -0.25) is 0 Å². The van der Waals surface area contributed by atoms with E-state index >= 15 is 0 Å². The summed E-state index contributed by atoms with van der Waals surface area (Å²) in [6, 6.07) is 15.2. The molecule has 2 aromatic rings. The fourth-order valence-electron chi connectivity index (χ4n) is 1.62. The number of benzene rings is 2. The highest BCUT2D eigenvalue weighted by Gasteiger charge is 2.20. The number of para-hydroxylation sites is 1. The third kappa shape index (κ3) is 3.47. The number of carbonyl (C=O) groups excluding carboxylic acids is 1. The number of rotatable bonds is 4. The second-order valence-electron chi connectivity index (χ2n) is 4.18.